The lowest BCUT2D eigenvalue weighted by atomic mass is 10.3. The topological polar surface area (TPSA) is 12.9 Å². The normalized spacial score (nSPS) is 11.7. The first-order chi connectivity index (χ1) is 7.04. The molecule has 0 bridgehead atoms. The summed E-state index contributed by atoms with van der Waals surface area (Å²) >= 11 is 6.87. The number of thioether (sulfide) groups is 1. The maximum absolute atomic E-state index is 12.2. The molecule has 1 nitrogen and oxygen atoms in total. The van der Waals surface area contributed by atoms with Crippen LogP contribution in [-0.4, -0.2) is 16.6 Å². The predicted molar refractivity (Wildman–Crippen MR) is 55.3 cm³/mol. The number of halogens is 4. The molecule has 1 rings (SSSR count). The minimum atomic E-state index is -4.31. The average molecular weight is 256 g/mol. The zero-order chi connectivity index (χ0) is 11.3. The molecule has 0 N–H and O–H groups in total. The second-order valence-electron chi connectivity index (χ2n) is 2.77. The van der Waals surface area contributed by atoms with E-state index in [2.05, 4.69) is 4.98 Å². The summed E-state index contributed by atoms with van der Waals surface area (Å²) in [6.45, 7) is 0. The molecule has 0 aliphatic heterocycles. The van der Waals surface area contributed by atoms with Crippen molar-refractivity contribution in [2.45, 2.75) is 17.6 Å². The summed E-state index contributed by atoms with van der Waals surface area (Å²) in [5, 5.41) is 0.591. The van der Waals surface area contributed by atoms with Crippen molar-refractivity contribution in [3.63, 3.8) is 0 Å². The Labute approximate surface area is 95.0 Å². The van der Waals surface area contributed by atoms with Gasteiger partial charge in [-0.25, -0.2) is 4.98 Å². The summed E-state index contributed by atoms with van der Waals surface area (Å²) in [5.41, 5.74) is -0.718. The highest BCUT2D eigenvalue weighted by Crippen LogP contribution is 2.29. The number of rotatable bonds is 4. The van der Waals surface area contributed by atoms with Crippen LogP contribution in [0.4, 0.5) is 13.2 Å². The number of alkyl halides is 4. The third-order valence-electron chi connectivity index (χ3n) is 1.59. The van der Waals surface area contributed by atoms with Crippen LogP contribution in [-0.2, 0) is 6.18 Å². The summed E-state index contributed by atoms with van der Waals surface area (Å²) in [7, 11) is 0. The molecule has 0 aromatic carbocycles. The van der Waals surface area contributed by atoms with E-state index < -0.39 is 11.7 Å². The molecule has 1 aromatic rings. The molecule has 6 heteroatoms. The largest absolute Gasteiger partial charge is 0.417 e. The van der Waals surface area contributed by atoms with Gasteiger partial charge in [-0.1, -0.05) is 0 Å². The van der Waals surface area contributed by atoms with E-state index in [0.29, 0.717) is 10.9 Å². The van der Waals surface area contributed by atoms with Gasteiger partial charge in [0, 0.05) is 17.8 Å². The van der Waals surface area contributed by atoms with Crippen LogP contribution < -0.4 is 0 Å². The number of hydrogen-bond donors (Lipinski definition) is 0. The van der Waals surface area contributed by atoms with Crippen molar-refractivity contribution in [1.82, 2.24) is 4.98 Å². The summed E-state index contributed by atoms with van der Waals surface area (Å²) in [6.07, 6.45) is -2.65. The van der Waals surface area contributed by atoms with Crippen molar-refractivity contribution >= 4 is 23.4 Å². The van der Waals surface area contributed by atoms with E-state index in [4.69, 9.17) is 11.6 Å². The summed E-state index contributed by atoms with van der Waals surface area (Å²) in [4.78, 5) is 3.72. The Morgan fingerprint density at radius 1 is 1.33 bits per heavy atom. The average Bonchev–Trinajstić information content (AvgIpc) is 2.18. The van der Waals surface area contributed by atoms with E-state index in [0.717, 1.165) is 24.4 Å². The second kappa shape index (κ2) is 5.61. The molecule has 0 radical (unpaired) electrons. The smallest absolute Gasteiger partial charge is 0.249 e. The van der Waals surface area contributed by atoms with Gasteiger partial charge < -0.3 is 0 Å². The van der Waals surface area contributed by atoms with Gasteiger partial charge in [-0.05, 0) is 18.6 Å². The summed E-state index contributed by atoms with van der Waals surface area (Å²) in [6, 6.07) is 2.41. The molecule has 1 heterocycles. The Morgan fingerprint density at radius 3 is 2.53 bits per heavy atom. The summed E-state index contributed by atoms with van der Waals surface area (Å²) in [5.74, 6) is 1.31. The van der Waals surface area contributed by atoms with Crippen molar-refractivity contribution in [3.8, 4) is 0 Å². The van der Waals surface area contributed by atoms with Crippen LogP contribution in [0.25, 0.3) is 0 Å². The molecule has 0 aliphatic rings. The molecule has 0 fully saturated rings. The molecule has 0 saturated carbocycles. The Bertz CT molecular complexity index is 299. The van der Waals surface area contributed by atoms with Gasteiger partial charge in [0.05, 0.1) is 10.6 Å². The highest BCUT2D eigenvalue weighted by atomic mass is 35.5. The van der Waals surface area contributed by atoms with Crippen molar-refractivity contribution in [2.24, 2.45) is 0 Å². The SMILES string of the molecule is FC(F)(F)c1ccc(SCCCCl)nc1. The molecule has 84 valence electrons. The minimum absolute atomic E-state index is 0.549. The Kier molecular flexibility index (Phi) is 4.73. The molecule has 1 aromatic heterocycles. The van der Waals surface area contributed by atoms with E-state index in [-0.39, 0.29) is 0 Å². The molecule has 0 saturated heterocycles. The van der Waals surface area contributed by atoms with Gasteiger partial charge in [-0.15, -0.1) is 23.4 Å². The van der Waals surface area contributed by atoms with Crippen molar-refractivity contribution in [3.05, 3.63) is 23.9 Å². The van der Waals surface area contributed by atoms with Crippen LogP contribution in [0.15, 0.2) is 23.4 Å². The van der Waals surface area contributed by atoms with Crippen molar-refractivity contribution < 1.29 is 13.2 Å². The number of pyridine rings is 1. The molecule has 15 heavy (non-hydrogen) atoms. The van der Waals surface area contributed by atoms with Crippen LogP contribution in [0, 0.1) is 0 Å². The van der Waals surface area contributed by atoms with Gasteiger partial charge in [0.2, 0.25) is 0 Å². The second-order valence-corrected chi connectivity index (χ2v) is 4.27. The van der Waals surface area contributed by atoms with Gasteiger partial charge in [0.1, 0.15) is 0 Å². The summed E-state index contributed by atoms with van der Waals surface area (Å²) < 4.78 is 36.5. The van der Waals surface area contributed by atoms with Gasteiger partial charge in [-0.3, -0.25) is 0 Å². The van der Waals surface area contributed by atoms with Gasteiger partial charge in [0.15, 0.2) is 0 Å². The fourth-order valence-electron chi connectivity index (χ4n) is 0.865. The third-order valence-corrected chi connectivity index (χ3v) is 2.89. The standard InChI is InChI=1S/C9H9ClF3NS/c10-4-1-5-15-8-3-2-7(6-14-8)9(11,12)13/h2-3,6H,1,4-5H2. The number of hydrogen-bond acceptors (Lipinski definition) is 2. The highest BCUT2D eigenvalue weighted by Gasteiger charge is 2.30. The van der Waals surface area contributed by atoms with Gasteiger partial charge in [0.25, 0.3) is 0 Å². The third kappa shape index (κ3) is 4.30. The van der Waals surface area contributed by atoms with Crippen LogP contribution in [0.3, 0.4) is 0 Å². The first-order valence-electron chi connectivity index (χ1n) is 4.26. The molecular weight excluding hydrogens is 247 g/mol. The Morgan fingerprint density at radius 2 is 2.07 bits per heavy atom. The Hall–Kier alpha value is -0.420. The maximum Gasteiger partial charge on any atom is 0.417 e. The molecule has 0 amide bonds. The molecule has 0 aliphatic carbocycles. The molecule has 0 atom stereocenters. The lowest BCUT2D eigenvalue weighted by molar-refractivity contribution is -0.137. The first kappa shape index (κ1) is 12.6. The van der Waals surface area contributed by atoms with Crippen LogP contribution >= 0.6 is 23.4 Å². The van der Waals surface area contributed by atoms with E-state index >= 15 is 0 Å². The van der Waals surface area contributed by atoms with Crippen molar-refractivity contribution in [1.29, 1.82) is 0 Å². The quantitative estimate of drug-likeness (QED) is 0.461. The highest BCUT2D eigenvalue weighted by molar-refractivity contribution is 7.99. The predicted octanol–water partition coefficient (Wildman–Crippen LogP) is 3.82. The van der Waals surface area contributed by atoms with Crippen molar-refractivity contribution in [2.75, 3.05) is 11.6 Å². The lowest BCUT2D eigenvalue weighted by Crippen LogP contribution is -2.05. The molecule has 0 spiro atoms. The lowest BCUT2D eigenvalue weighted by Gasteiger charge is -2.06. The maximum atomic E-state index is 12.2. The first-order valence-corrected chi connectivity index (χ1v) is 5.78. The van der Waals surface area contributed by atoms with Gasteiger partial charge >= 0.3 is 6.18 Å². The van der Waals surface area contributed by atoms with Gasteiger partial charge in [-0.2, -0.15) is 13.2 Å². The van der Waals surface area contributed by atoms with Crippen LogP contribution in [0.2, 0.25) is 0 Å². The fraction of sp³-hybridized carbons (Fsp3) is 0.444. The molecule has 0 unspecified atom stereocenters. The number of aromatic nitrogens is 1. The van der Waals surface area contributed by atoms with E-state index in [1.807, 2.05) is 0 Å². The zero-order valence-electron chi connectivity index (χ0n) is 7.72. The van der Waals surface area contributed by atoms with E-state index in [1.165, 1.54) is 17.8 Å². The number of nitrogens with zero attached hydrogens (tertiary/aromatic N) is 1. The monoisotopic (exact) mass is 255 g/mol. The van der Waals surface area contributed by atoms with Crippen LogP contribution in [0.1, 0.15) is 12.0 Å². The Balaban J connectivity index is 2.57. The van der Waals surface area contributed by atoms with E-state index in [1.54, 1.807) is 0 Å². The van der Waals surface area contributed by atoms with Crippen LogP contribution in [0.5, 0.6) is 0 Å². The molecular formula is C9H9ClF3NS. The minimum Gasteiger partial charge on any atom is -0.249 e. The van der Waals surface area contributed by atoms with E-state index in [9.17, 15) is 13.2 Å². The fourth-order valence-corrected chi connectivity index (χ4v) is 1.95. The zero-order valence-corrected chi connectivity index (χ0v) is 9.29.